The lowest BCUT2D eigenvalue weighted by Gasteiger charge is -2.16. The lowest BCUT2D eigenvalue weighted by Crippen LogP contribution is -2.48. The van der Waals surface area contributed by atoms with Crippen molar-refractivity contribution in [2.45, 2.75) is 12.1 Å². The standard InChI is InChI=1S/C10H10FNO3/c11-10(8(12)13,9(14)15)6-7-4-2-1-3-5-7/h1-5H,6H2,(H2,12,13)(H,14,15)/t10-/m0/s1. The maximum atomic E-state index is 13.6. The van der Waals surface area contributed by atoms with Gasteiger partial charge in [0.2, 0.25) is 0 Å². The fraction of sp³-hybridized carbons (Fsp3) is 0.200. The number of carbonyl (C=O) groups excluding carboxylic acids is 1. The van der Waals surface area contributed by atoms with Crippen LogP contribution in [0.3, 0.4) is 0 Å². The maximum absolute atomic E-state index is 13.6. The molecule has 1 aromatic carbocycles. The summed E-state index contributed by atoms with van der Waals surface area (Å²) in [5.74, 6) is -3.35. The number of carbonyl (C=O) groups is 2. The quantitative estimate of drug-likeness (QED) is 0.712. The van der Waals surface area contributed by atoms with E-state index in [-0.39, 0.29) is 0 Å². The summed E-state index contributed by atoms with van der Waals surface area (Å²) in [5, 5.41) is 8.59. The number of aliphatic carboxylic acids is 1. The molecule has 1 amide bonds. The summed E-state index contributed by atoms with van der Waals surface area (Å²) in [7, 11) is 0. The Morgan fingerprint density at radius 1 is 1.33 bits per heavy atom. The van der Waals surface area contributed by atoms with E-state index in [0.29, 0.717) is 5.56 Å². The van der Waals surface area contributed by atoms with Crippen molar-refractivity contribution in [3.05, 3.63) is 35.9 Å². The monoisotopic (exact) mass is 211 g/mol. The molecule has 0 bridgehead atoms. The van der Waals surface area contributed by atoms with Gasteiger partial charge in [-0.15, -0.1) is 0 Å². The topological polar surface area (TPSA) is 80.4 Å². The first kappa shape index (κ1) is 11.2. The van der Waals surface area contributed by atoms with E-state index in [9.17, 15) is 14.0 Å². The van der Waals surface area contributed by atoms with Crippen LogP contribution in [0, 0.1) is 0 Å². The average Bonchev–Trinajstić information content (AvgIpc) is 2.18. The number of benzene rings is 1. The van der Waals surface area contributed by atoms with E-state index < -0.39 is 24.0 Å². The van der Waals surface area contributed by atoms with Gasteiger partial charge in [-0.3, -0.25) is 4.79 Å². The molecular weight excluding hydrogens is 201 g/mol. The lowest BCUT2D eigenvalue weighted by molar-refractivity contribution is -0.156. The predicted octanol–water partition coefficient (Wildman–Crippen LogP) is 0.507. The van der Waals surface area contributed by atoms with Crippen LogP contribution in [0.4, 0.5) is 4.39 Å². The van der Waals surface area contributed by atoms with Crippen molar-refractivity contribution < 1.29 is 19.1 Å². The number of halogens is 1. The Morgan fingerprint density at radius 3 is 2.27 bits per heavy atom. The van der Waals surface area contributed by atoms with Crippen LogP contribution >= 0.6 is 0 Å². The number of nitrogens with two attached hydrogens (primary N) is 1. The van der Waals surface area contributed by atoms with Gasteiger partial charge in [0.15, 0.2) is 0 Å². The molecule has 5 heteroatoms. The molecule has 0 radical (unpaired) electrons. The van der Waals surface area contributed by atoms with E-state index in [1.807, 2.05) is 0 Å². The van der Waals surface area contributed by atoms with Gasteiger partial charge in [-0.25, -0.2) is 9.18 Å². The average molecular weight is 211 g/mol. The van der Waals surface area contributed by atoms with E-state index in [4.69, 9.17) is 10.8 Å². The van der Waals surface area contributed by atoms with Crippen LogP contribution in [0.15, 0.2) is 30.3 Å². The summed E-state index contributed by atoms with van der Waals surface area (Å²) in [6, 6.07) is 8.01. The zero-order valence-electron chi connectivity index (χ0n) is 7.81. The minimum Gasteiger partial charge on any atom is -0.478 e. The van der Waals surface area contributed by atoms with E-state index >= 15 is 0 Å². The van der Waals surface area contributed by atoms with Crippen LogP contribution < -0.4 is 5.73 Å². The summed E-state index contributed by atoms with van der Waals surface area (Å²) in [5.41, 5.74) is 2.09. The number of hydrogen-bond acceptors (Lipinski definition) is 2. The third kappa shape index (κ3) is 2.31. The van der Waals surface area contributed by atoms with Crippen molar-refractivity contribution in [2.24, 2.45) is 5.73 Å². The molecule has 1 rings (SSSR count). The van der Waals surface area contributed by atoms with Crippen LogP contribution in [0.2, 0.25) is 0 Å². The van der Waals surface area contributed by atoms with Gasteiger partial charge in [-0.1, -0.05) is 30.3 Å². The van der Waals surface area contributed by atoms with Crippen molar-refractivity contribution in [1.29, 1.82) is 0 Å². The second-order valence-electron chi connectivity index (χ2n) is 3.13. The van der Waals surface area contributed by atoms with Crippen molar-refractivity contribution in [3.63, 3.8) is 0 Å². The summed E-state index contributed by atoms with van der Waals surface area (Å²) < 4.78 is 13.6. The number of primary amides is 1. The van der Waals surface area contributed by atoms with Gasteiger partial charge < -0.3 is 10.8 Å². The Kier molecular flexibility index (Phi) is 3.04. The summed E-state index contributed by atoms with van der Waals surface area (Å²) in [6.07, 6.45) is -0.557. The number of carboxylic acid groups (broad SMARTS) is 1. The fourth-order valence-corrected chi connectivity index (χ4v) is 1.15. The highest BCUT2D eigenvalue weighted by Gasteiger charge is 2.45. The van der Waals surface area contributed by atoms with Gasteiger partial charge in [-0.05, 0) is 5.56 Å². The van der Waals surface area contributed by atoms with Gasteiger partial charge in [0, 0.05) is 6.42 Å². The minimum absolute atomic E-state index is 0.404. The highest BCUT2D eigenvalue weighted by atomic mass is 19.1. The zero-order chi connectivity index (χ0) is 11.5. The third-order valence-electron chi connectivity index (χ3n) is 2.02. The van der Waals surface area contributed by atoms with Crippen molar-refractivity contribution >= 4 is 11.9 Å². The molecule has 0 saturated heterocycles. The van der Waals surface area contributed by atoms with Gasteiger partial charge in [-0.2, -0.15) is 0 Å². The third-order valence-corrected chi connectivity index (χ3v) is 2.02. The van der Waals surface area contributed by atoms with Crippen LogP contribution in [-0.2, 0) is 16.0 Å². The first-order valence-corrected chi connectivity index (χ1v) is 4.23. The minimum atomic E-state index is -3.04. The Bertz CT molecular complexity index is 364. The van der Waals surface area contributed by atoms with Crippen LogP contribution in [0.25, 0.3) is 0 Å². The van der Waals surface area contributed by atoms with Gasteiger partial charge in [0.25, 0.3) is 11.6 Å². The molecule has 0 aliphatic heterocycles. The second-order valence-corrected chi connectivity index (χ2v) is 3.13. The molecule has 0 heterocycles. The van der Waals surface area contributed by atoms with Crippen LogP contribution in [0.1, 0.15) is 5.56 Å². The Labute approximate surface area is 85.5 Å². The molecule has 80 valence electrons. The first-order valence-electron chi connectivity index (χ1n) is 4.23. The van der Waals surface area contributed by atoms with Crippen LogP contribution in [-0.4, -0.2) is 22.7 Å². The molecule has 4 nitrogen and oxygen atoms in total. The summed E-state index contributed by atoms with van der Waals surface area (Å²) >= 11 is 0. The molecule has 0 aliphatic rings. The highest BCUT2D eigenvalue weighted by Crippen LogP contribution is 2.18. The van der Waals surface area contributed by atoms with E-state index in [1.165, 1.54) is 12.1 Å². The normalized spacial score (nSPS) is 14.2. The molecule has 3 N–H and O–H groups in total. The summed E-state index contributed by atoms with van der Waals surface area (Å²) in [6.45, 7) is 0. The molecule has 0 spiro atoms. The Balaban J connectivity index is 2.95. The molecule has 0 fully saturated rings. The highest BCUT2D eigenvalue weighted by molar-refractivity contribution is 6.04. The maximum Gasteiger partial charge on any atom is 0.351 e. The number of amides is 1. The predicted molar refractivity (Wildman–Crippen MR) is 50.8 cm³/mol. The smallest absolute Gasteiger partial charge is 0.351 e. The number of carboxylic acids is 1. The fourth-order valence-electron chi connectivity index (χ4n) is 1.15. The van der Waals surface area contributed by atoms with Gasteiger partial charge in [0.05, 0.1) is 0 Å². The molecule has 1 aromatic rings. The van der Waals surface area contributed by atoms with E-state index in [2.05, 4.69) is 0 Å². The van der Waals surface area contributed by atoms with E-state index in [0.717, 1.165) is 0 Å². The zero-order valence-corrected chi connectivity index (χ0v) is 7.81. The Hall–Kier alpha value is -1.91. The molecule has 1 atom stereocenters. The molecule has 0 aliphatic carbocycles. The number of hydrogen-bond donors (Lipinski definition) is 2. The summed E-state index contributed by atoms with van der Waals surface area (Å²) in [4.78, 5) is 21.3. The second kappa shape index (κ2) is 4.08. The molecular formula is C10H10FNO3. The van der Waals surface area contributed by atoms with E-state index in [1.54, 1.807) is 18.2 Å². The van der Waals surface area contributed by atoms with Crippen molar-refractivity contribution in [3.8, 4) is 0 Å². The molecule has 0 aromatic heterocycles. The lowest BCUT2D eigenvalue weighted by atomic mass is 9.96. The van der Waals surface area contributed by atoms with Crippen molar-refractivity contribution in [1.82, 2.24) is 0 Å². The number of alkyl halides is 1. The van der Waals surface area contributed by atoms with Gasteiger partial charge in [0.1, 0.15) is 0 Å². The first-order chi connectivity index (χ1) is 6.97. The van der Waals surface area contributed by atoms with Gasteiger partial charge >= 0.3 is 5.97 Å². The number of rotatable bonds is 4. The SMILES string of the molecule is NC(=O)[C@@](F)(Cc1ccccc1)C(=O)O. The molecule has 0 unspecified atom stereocenters. The van der Waals surface area contributed by atoms with Crippen LogP contribution in [0.5, 0.6) is 0 Å². The Morgan fingerprint density at radius 2 is 1.87 bits per heavy atom. The molecule has 15 heavy (non-hydrogen) atoms. The largest absolute Gasteiger partial charge is 0.478 e. The van der Waals surface area contributed by atoms with Crippen molar-refractivity contribution in [2.75, 3.05) is 0 Å². The molecule has 0 saturated carbocycles.